The van der Waals surface area contributed by atoms with E-state index in [1.807, 2.05) is 25.1 Å². The number of rotatable bonds is 6. The lowest BCUT2D eigenvalue weighted by Crippen LogP contribution is -2.10. The second-order valence-electron chi connectivity index (χ2n) is 4.42. The quantitative estimate of drug-likeness (QED) is 0.801. The summed E-state index contributed by atoms with van der Waals surface area (Å²) in [5, 5.41) is 0. The summed E-state index contributed by atoms with van der Waals surface area (Å²) in [6.45, 7) is 7.38. The van der Waals surface area contributed by atoms with E-state index in [2.05, 4.69) is 25.7 Å². The van der Waals surface area contributed by atoms with Crippen LogP contribution in [0.2, 0.25) is 0 Å². The van der Waals surface area contributed by atoms with Gasteiger partial charge in [-0.2, -0.15) is 0 Å². The molecule has 0 heterocycles. The summed E-state index contributed by atoms with van der Waals surface area (Å²) in [5.41, 5.74) is 6.52. The van der Waals surface area contributed by atoms with Crippen molar-refractivity contribution < 1.29 is 9.47 Å². The molecule has 0 aromatic heterocycles. The highest BCUT2D eigenvalue weighted by molar-refractivity contribution is 5.48. The molecular weight excluding hydrogens is 238 g/mol. The van der Waals surface area contributed by atoms with E-state index >= 15 is 0 Å². The van der Waals surface area contributed by atoms with Gasteiger partial charge in [-0.3, -0.25) is 0 Å². The number of benzene rings is 1. The second-order valence-corrected chi connectivity index (χ2v) is 4.42. The zero-order chi connectivity index (χ0) is 14.1. The molecule has 0 aliphatic carbocycles. The lowest BCUT2D eigenvalue weighted by molar-refractivity contribution is 0.268. The molecular formula is C16H23NO2. The lowest BCUT2D eigenvalue weighted by atomic mass is 10.2. The minimum Gasteiger partial charge on any atom is -0.490 e. The van der Waals surface area contributed by atoms with Crippen molar-refractivity contribution in [2.24, 2.45) is 5.73 Å². The molecule has 1 aromatic carbocycles. The van der Waals surface area contributed by atoms with E-state index in [-0.39, 0.29) is 6.04 Å². The van der Waals surface area contributed by atoms with Gasteiger partial charge in [0.1, 0.15) is 0 Å². The van der Waals surface area contributed by atoms with Crippen LogP contribution in [0.25, 0.3) is 0 Å². The van der Waals surface area contributed by atoms with Crippen LogP contribution >= 0.6 is 0 Å². The van der Waals surface area contributed by atoms with Gasteiger partial charge in [0.2, 0.25) is 0 Å². The average Bonchev–Trinajstić information content (AvgIpc) is 2.41. The first-order chi connectivity index (χ1) is 9.17. The summed E-state index contributed by atoms with van der Waals surface area (Å²) < 4.78 is 11.4. The van der Waals surface area contributed by atoms with Gasteiger partial charge in [0.15, 0.2) is 11.5 Å². The normalized spacial score (nSPS) is 11.4. The largest absolute Gasteiger partial charge is 0.490 e. The Kier molecular flexibility index (Phi) is 6.84. The maximum Gasteiger partial charge on any atom is 0.162 e. The first-order valence-electron chi connectivity index (χ1n) is 6.84. The summed E-state index contributed by atoms with van der Waals surface area (Å²) in [7, 11) is 0. The van der Waals surface area contributed by atoms with Gasteiger partial charge >= 0.3 is 0 Å². The van der Waals surface area contributed by atoms with Crippen molar-refractivity contribution in [1.29, 1.82) is 0 Å². The van der Waals surface area contributed by atoms with Crippen LogP contribution in [0.3, 0.4) is 0 Å². The van der Waals surface area contributed by atoms with Gasteiger partial charge in [0, 0.05) is 5.56 Å². The van der Waals surface area contributed by atoms with Crippen LogP contribution in [-0.2, 0) is 0 Å². The highest BCUT2D eigenvalue weighted by Crippen LogP contribution is 2.28. The van der Waals surface area contributed by atoms with Crippen molar-refractivity contribution in [3.8, 4) is 23.3 Å². The number of hydrogen-bond acceptors (Lipinski definition) is 3. The summed E-state index contributed by atoms with van der Waals surface area (Å²) in [5.74, 6) is 7.51. The Balaban J connectivity index is 2.91. The molecule has 0 aliphatic heterocycles. The van der Waals surface area contributed by atoms with Crippen molar-refractivity contribution in [1.82, 2.24) is 0 Å². The first-order valence-corrected chi connectivity index (χ1v) is 6.84. The van der Waals surface area contributed by atoms with Crippen LogP contribution in [0, 0.1) is 11.8 Å². The molecule has 0 radical (unpaired) electrons. The predicted octanol–water partition coefficient (Wildman–Crippen LogP) is 2.96. The van der Waals surface area contributed by atoms with Crippen LogP contribution in [0.15, 0.2) is 18.2 Å². The van der Waals surface area contributed by atoms with Crippen molar-refractivity contribution in [2.75, 3.05) is 13.2 Å². The molecule has 3 heteroatoms. The van der Waals surface area contributed by atoms with Gasteiger partial charge in [-0.15, -0.1) is 0 Å². The van der Waals surface area contributed by atoms with Crippen LogP contribution in [0.5, 0.6) is 11.5 Å². The third kappa shape index (κ3) is 5.67. The van der Waals surface area contributed by atoms with Crippen LogP contribution in [-0.4, -0.2) is 19.3 Å². The fourth-order valence-corrected chi connectivity index (χ4v) is 1.44. The maximum absolute atomic E-state index is 5.71. The Morgan fingerprint density at radius 2 is 1.74 bits per heavy atom. The molecule has 1 unspecified atom stereocenters. The fraction of sp³-hybridized carbons (Fsp3) is 0.500. The van der Waals surface area contributed by atoms with E-state index in [1.165, 1.54) is 0 Å². The van der Waals surface area contributed by atoms with Gasteiger partial charge in [-0.05, 0) is 38.0 Å². The zero-order valence-electron chi connectivity index (χ0n) is 12.0. The minimum atomic E-state index is -0.129. The molecule has 0 spiro atoms. The van der Waals surface area contributed by atoms with Gasteiger partial charge in [-0.1, -0.05) is 25.7 Å². The highest BCUT2D eigenvalue weighted by atomic mass is 16.5. The molecule has 2 N–H and O–H groups in total. The smallest absolute Gasteiger partial charge is 0.162 e. The van der Waals surface area contributed by atoms with E-state index in [0.717, 1.165) is 29.9 Å². The monoisotopic (exact) mass is 261 g/mol. The standard InChI is InChI=1S/C16H23NO2/c1-4-10-18-15-9-8-14(7-6-13(3)17)12-16(15)19-11-5-2/h8-9,12-13H,4-5,10-11,17H2,1-3H3. The van der Waals surface area contributed by atoms with Crippen molar-refractivity contribution >= 4 is 0 Å². The molecule has 0 aliphatic rings. The first kappa shape index (κ1) is 15.4. The highest BCUT2D eigenvalue weighted by Gasteiger charge is 2.05. The molecule has 19 heavy (non-hydrogen) atoms. The number of ether oxygens (including phenoxy) is 2. The van der Waals surface area contributed by atoms with Gasteiger partial charge < -0.3 is 15.2 Å². The van der Waals surface area contributed by atoms with Crippen molar-refractivity contribution in [2.45, 2.75) is 39.7 Å². The Morgan fingerprint density at radius 1 is 1.11 bits per heavy atom. The summed E-state index contributed by atoms with van der Waals surface area (Å²) in [6, 6.07) is 5.62. The van der Waals surface area contributed by atoms with Crippen molar-refractivity contribution in [3.63, 3.8) is 0 Å². The van der Waals surface area contributed by atoms with Crippen LogP contribution in [0.1, 0.15) is 39.2 Å². The minimum absolute atomic E-state index is 0.129. The molecule has 1 rings (SSSR count). The number of hydrogen-bond donors (Lipinski definition) is 1. The lowest BCUT2D eigenvalue weighted by Gasteiger charge is -2.12. The molecule has 104 valence electrons. The van der Waals surface area contributed by atoms with Crippen molar-refractivity contribution in [3.05, 3.63) is 23.8 Å². The Bertz CT molecular complexity index is 444. The predicted molar refractivity (Wildman–Crippen MR) is 78.5 cm³/mol. The molecule has 1 atom stereocenters. The van der Waals surface area contributed by atoms with E-state index in [4.69, 9.17) is 15.2 Å². The average molecular weight is 261 g/mol. The Hall–Kier alpha value is -1.66. The number of nitrogens with two attached hydrogens (primary N) is 1. The molecule has 0 saturated heterocycles. The van der Waals surface area contributed by atoms with E-state index < -0.39 is 0 Å². The van der Waals surface area contributed by atoms with Crippen LogP contribution in [0.4, 0.5) is 0 Å². The Labute approximate surface area is 116 Å². The zero-order valence-corrected chi connectivity index (χ0v) is 12.0. The molecule has 0 saturated carbocycles. The fourth-order valence-electron chi connectivity index (χ4n) is 1.44. The van der Waals surface area contributed by atoms with E-state index in [1.54, 1.807) is 0 Å². The molecule has 0 bridgehead atoms. The van der Waals surface area contributed by atoms with Gasteiger partial charge in [0.25, 0.3) is 0 Å². The van der Waals surface area contributed by atoms with Gasteiger partial charge in [0.05, 0.1) is 19.3 Å². The summed E-state index contributed by atoms with van der Waals surface area (Å²) in [4.78, 5) is 0. The molecule has 0 fully saturated rings. The SMILES string of the molecule is CCCOc1ccc(C#CC(C)N)cc1OCCC. The summed E-state index contributed by atoms with van der Waals surface area (Å²) in [6.07, 6.45) is 1.93. The third-order valence-electron chi connectivity index (χ3n) is 2.31. The van der Waals surface area contributed by atoms with E-state index in [0.29, 0.717) is 13.2 Å². The van der Waals surface area contributed by atoms with Crippen LogP contribution < -0.4 is 15.2 Å². The second kappa shape index (κ2) is 8.44. The molecule has 3 nitrogen and oxygen atoms in total. The van der Waals surface area contributed by atoms with Gasteiger partial charge in [-0.25, -0.2) is 0 Å². The third-order valence-corrected chi connectivity index (χ3v) is 2.31. The maximum atomic E-state index is 5.71. The Morgan fingerprint density at radius 3 is 2.32 bits per heavy atom. The molecule has 0 amide bonds. The topological polar surface area (TPSA) is 44.5 Å². The summed E-state index contributed by atoms with van der Waals surface area (Å²) >= 11 is 0. The van der Waals surface area contributed by atoms with E-state index in [9.17, 15) is 0 Å². The molecule has 1 aromatic rings.